The van der Waals surface area contributed by atoms with Gasteiger partial charge >= 0.3 is 0 Å². The lowest BCUT2D eigenvalue weighted by molar-refractivity contribution is -0.115. The van der Waals surface area contributed by atoms with Crippen LogP contribution in [0.25, 0.3) is 0 Å². The molecule has 3 aromatic rings. The molecule has 0 radical (unpaired) electrons. The predicted octanol–water partition coefficient (Wildman–Crippen LogP) is 4.54. The summed E-state index contributed by atoms with van der Waals surface area (Å²) in [5.41, 5.74) is 2.62. The number of ether oxygens (including phenoxy) is 2. The molecule has 6 heteroatoms. The molecular weight excluding hydrogens is 392 g/mol. The van der Waals surface area contributed by atoms with Gasteiger partial charge < -0.3 is 20.1 Å². The van der Waals surface area contributed by atoms with Crippen LogP contribution in [-0.4, -0.2) is 31.6 Å². The Morgan fingerprint density at radius 1 is 0.806 bits per heavy atom. The number of hydrogen-bond acceptors (Lipinski definition) is 4. The van der Waals surface area contributed by atoms with E-state index in [9.17, 15) is 9.59 Å². The Hall–Kier alpha value is -3.64. The van der Waals surface area contributed by atoms with Crippen molar-refractivity contribution in [3.8, 4) is 5.75 Å². The SMILES string of the molecule is CCOCCOc1cccc(C(=O)Nc2cccc(NC(=O)Cc3ccccc3)c2)c1. The van der Waals surface area contributed by atoms with Gasteiger partial charge in [0.1, 0.15) is 12.4 Å². The van der Waals surface area contributed by atoms with E-state index >= 15 is 0 Å². The van der Waals surface area contributed by atoms with Gasteiger partial charge in [-0.15, -0.1) is 0 Å². The second-order valence-electron chi connectivity index (χ2n) is 6.82. The van der Waals surface area contributed by atoms with Crippen molar-refractivity contribution in [3.63, 3.8) is 0 Å². The third kappa shape index (κ3) is 7.28. The number of benzene rings is 3. The van der Waals surface area contributed by atoms with Crippen molar-refractivity contribution in [3.05, 3.63) is 90.0 Å². The monoisotopic (exact) mass is 418 g/mol. The first-order valence-electron chi connectivity index (χ1n) is 10.2. The Morgan fingerprint density at radius 3 is 2.32 bits per heavy atom. The van der Waals surface area contributed by atoms with Crippen LogP contribution in [0.5, 0.6) is 5.75 Å². The molecule has 6 nitrogen and oxygen atoms in total. The molecule has 0 unspecified atom stereocenters. The van der Waals surface area contributed by atoms with Crippen LogP contribution in [0.4, 0.5) is 11.4 Å². The molecule has 2 N–H and O–H groups in total. The quantitative estimate of drug-likeness (QED) is 0.474. The summed E-state index contributed by atoms with van der Waals surface area (Å²) in [6.45, 7) is 3.48. The summed E-state index contributed by atoms with van der Waals surface area (Å²) in [5.74, 6) is 0.226. The summed E-state index contributed by atoms with van der Waals surface area (Å²) in [6, 6.07) is 23.6. The second-order valence-corrected chi connectivity index (χ2v) is 6.82. The van der Waals surface area contributed by atoms with E-state index in [0.29, 0.717) is 42.5 Å². The first-order valence-corrected chi connectivity index (χ1v) is 10.2. The average molecular weight is 418 g/mol. The number of rotatable bonds is 10. The maximum atomic E-state index is 12.6. The van der Waals surface area contributed by atoms with E-state index in [1.54, 1.807) is 48.5 Å². The molecule has 0 bridgehead atoms. The van der Waals surface area contributed by atoms with Gasteiger partial charge in [0.2, 0.25) is 5.91 Å². The van der Waals surface area contributed by atoms with Gasteiger partial charge in [-0.25, -0.2) is 0 Å². The minimum Gasteiger partial charge on any atom is -0.491 e. The van der Waals surface area contributed by atoms with Crippen LogP contribution in [0, 0.1) is 0 Å². The van der Waals surface area contributed by atoms with Crippen molar-refractivity contribution in [2.45, 2.75) is 13.3 Å². The molecule has 31 heavy (non-hydrogen) atoms. The molecule has 0 saturated carbocycles. The molecule has 0 aromatic heterocycles. The lowest BCUT2D eigenvalue weighted by atomic mass is 10.1. The highest BCUT2D eigenvalue weighted by Gasteiger charge is 2.09. The molecule has 3 aromatic carbocycles. The first kappa shape index (κ1) is 22.1. The Morgan fingerprint density at radius 2 is 1.55 bits per heavy atom. The smallest absolute Gasteiger partial charge is 0.255 e. The van der Waals surface area contributed by atoms with Crippen molar-refractivity contribution in [2.24, 2.45) is 0 Å². The number of hydrogen-bond donors (Lipinski definition) is 2. The fraction of sp³-hybridized carbons (Fsp3) is 0.200. The summed E-state index contributed by atoms with van der Waals surface area (Å²) >= 11 is 0. The van der Waals surface area contributed by atoms with Gasteiger partial charge in [-0.2, -0.15) is 0 Å². The molecule has 2 amide bonds. The zero-order valence-electron chi connectivity index (χ0n) is 17.5. The van der Waals surface area contributed by atoms with Crippen molar-refractivity contribution in [2.75, 3.05) is 30.5 Å². The van der Waals surface area contributed by atoms with Gasteiger partial charge in [-0.05, 0) is 48.9 Å². The summed E-state index contributed by atoms with van der Waals surface area (Å²) in [7, 11) is 0. The largest absolute Gasteiger partial charge is 0.491 e. The lowest BCUT2D eigenvalue weighted by Crippen LogP contribution is -2.15. The van der Waals surface area contributed by atoms with Crippen LogP contribution in [0.1, 0.15) is 22.8 Å². The highest BCUT2D eigenvalue weighted by atomic mass is 16.5. The summed E-state index contributed by atoms with van der Waals surface area (Å²) in [5, 5.41) is 5.72. The first-order chi connectivity index (χ1) is 15.1. The average Bonchev–Trinajstić information content (AvgIpc) is 2.78. The maximum Gasteiger partial charge on any atom is 0.255 e. The molecule has 0 atom stereocenters. The van der Waals surface area contributed by atoms with Gasteiger partial charge in [0, 0.05) is 23.5 Å². The highest BCUT2D eigenvalue weighted by Crippen LogP contribution is 2.18. The van der Waals surface area contributed by atoms with E-state index < -0.39 is 0 Å². The Balaban J connectivity index is 1.57. The van der Waals surface area contributed by atoms with Crippen LogP contribution in [-0.2, 0) is 16.0 Å². The molecule has 3 rings (SSSR count). The molecule has 0 heterocycles. The molecule has 0 saturated heterocycles. The predicted molar refractivity (Wildman–Crippen MR) is 122 cm³/mol. The Labute approximate surface area is 182 Å². The van der Waals surface area contributed by atoms with E-state index in [4.69, 9.17) is 9.47 Å². The number of nitrogens with one attached hydrogen (secondary N) is 2. The fourth-order valence-electron chi connectivity index (χ4n) is 2.95. The number of carbonyl (C=O) groups is 2. The topological polar surface area (TPSA) is 76.7 Å². The van der Waals surface area contributed by atoms with Crippen molar-refractivity contribution >= 4 is 23.2 Å². The third-order valence-electron chi connectivity index (χ3n) is 4.41. The van der Waals surface area contributed by atoms with Crippen molar-refractivity contribution in [1.29, 1.82) is 0 Å². The van der Waals surface area contributed by atoms with Crippen LogP contribution in [0.15, 0.2) is 78.9 Å². The zero-order chi connectivity index (χ0) is 21.9. The van der Waals surface area contributed by atoms with Crippen LogP contribution in [0.3, 0.4) is 0 Å². The lowest BCUT2D eigenvalue weighted by Gasteiger charge is -2.10. The molecule has 0 aliphatic carbocycles. The number of anilines is 2. The van der Waals surface area contributed by atoms with E-state index in [-0.39, 0.29) is 18.2 Å². The number of carbonyl (C=O) groups excluding carboxylic acids is 2. The normalized spacial score (nSPS) is 10.4. The van der Waals surface area contributed by atoms with E-state index in [0.717, 1.165) is 5.56 Å². The van der Waals surface area contributed by atoms with E-state index in [1.807, 2.05) is 37.3 Å². The van der Waals surface area contributed by atoms with Gasteiger partial charge in [0.15, 0.2) is 0 Å². The van der Waals surface area contributed by atoms with Crippen molar-refractivity contribution in [1.82, 2.24) is 0 Å². The second kappa shape index (κ2) is 11.5. The molecule has 0 spiro atoms. The van der Waals surface area contributed by atoms with Gasteiger partial charge in [-0.3, -0.25) is 9.59 Å². The van der Waals surface area contributed by atoms with Crippen LogP contribution in [0.2, 0.25) is 0 Å². The fourth-order valence-corrected chi connectivity index (χ4v) is 2.95. The Bertz CT molecular complexity index is 1010. The summed E-state index contributed by atoms with van der Waals surface area (Å²) in [6.07, 6.45) is 0.285. The van der Waals surface area contributed by atoms with E-state index in [2.05, 4.69) is 10.6 Å². The van der Waals surface area contributed by atoms with E-state index in [1.165, 1.54) is 0 Å². The summed E-state index contributed by atoms with van der Waals surface area (Å²) in [4.78, 5) is 24.9. The maximum absolute atomic E-state index is 12.6. The van der Waals surface area contributed by atoms with Crippen LogP contribution < -0.4 is 15.4 Å². The van der Waals surface area contributed by atoms with Crippen molar-refractivity contribution < 1.29 is 19.1 Å². The highest BCUT2D eigenvalue weighted by molar-refractivity contribution is 6.05. The van der Waals surface area contributed by atoms with Gasteiger partial charge in [0.05, 0.1) is 13.0 Å². The Kier molecular flexibility index (Phi) is 8.20. The molecule has 0 aliphatic heterocycles. The summed E-state index contributed by atoms with van der Waals surface area (Å²) < 4.78 is 10.9. The zero-order valence-corrected chi connectivity index (χ0v) is 17.5. The minimum atomic E-state index is -0.261. The van der Waals surface area contributed by atoms with Gasteiger partial charge in [0.25, 0.3) is 5.91 Å². The molecule has 160 valence electrons. The molecule has 0 fully saturated rings. The molecule has 0 aliphatic rings. The standard InChI is InChI=1S/C25H26N2O4/c1-2-30-14-15-31-23-13-6-10-20(17-23)25(29)27-22-12-7-11-21(18-22)26-24(28)16-19-8-4-3-5-9-19/h3-13,17-18H,2,14-16H2,1H3,(H,26,28)(H,27,29). The minimum absolute atomic E-state index is 0.119. The molecular formula is C25H26N2O4. The third-order valence-corrected chi connectivity index (χ3v) is 4.41. The van der Waals surface area contributed by atoms with Gasteiger partial charge in [-0.1, -0.05) is 42.5 Å². The number of amides is 2. The van der Waals surface area contributed by atoms with Crippen LogP contribution >= 0.6 is 0 Å².